The number of rotatable bonds is 6. The van der Waals surface area contributed by atoms with E-state index in [1.165, 1.54) is 6.07 Å². The molecule has 39 heavy (non-hydrogen) atoms. The van der Waals surface area contributed by atoms with Crippen molar-refractivity contribution in [2.45, 2.75) is 102 Å². The van der Waals surface area contributed by atoms with E-state index >= 15 is 4.39 Å². The zero-order valence-electron chi connectivity index (χ0n) is 22.0. The van der Waals surface area contributed by atoms with Crippen molar-refractivity contribution in [2.75, 3.05) is 0 Å². The van der Waals surface area contributed by atoms with Gasteiger partial charge in [-0.3, -0.25) is 4.90 Å². The quantitative estimate of drug-likeness (QED) is 0.260. The van der Waals surface area contributed by atoms with E-state index in [0.717, 1.165) is 36.8 Å². The highest BCUT2D eigenvalue weighted by molar-refractivity contribution is 6.31. The molecule has 3 atom stereocenters. The van der Waals surface area contributed by atoms with Gasteiger partial charge in [-0.25, -0.2) is 13.6 Å². The summed E-state index contributed by atoms with van der Waals surface area (Å²) in [5, 5.41) is -0.635. The third-order valence-corrected chi connectivity index (χ3v) is 7.95. The van der Waals surface area contributed by atoms with Gasteiger partial charge in [-0.2, -0.15) is 13.2 Å². The van der Waals surface area contributed by atoms with Crippen LogP contribution in [0, 0.1) is 11.6 Å². The van der Waals surface area contributed by atoms with Crippen LogP contribution in [0.2, 0.25) is 5.02 Å². The monoisotopic (exact) mass is 571 g/mol. The van der Waals surface area contributed by atoms with Crippen LogP contribution in [0.15, 0.2) is 24.3 Å². The molecular formula is C29H31ClF5NO3. The van der Waals surface area contributed by atoms with Gasteiger partial charge in [-0.1, -0.05) is 11.6 Å². The fourth-order valence-corrected chi connectivity index (χ4v) is 6.01. The summed E-state index contributed by atoms with van der Waals surface area (Å²) in [5.41, 5.74) is -0.0817. The summed E-state index contributed by atoms with van der Waals surface area (Å²) in [4.78, 5) is 14.9. The molecule has 2 unspecified atom stereocenters. The number of alkyl halides is 3. The van der Waals surface area contributed by atoms with Crippen LogP contribution in [0.4, 0.5) is 22.0 Å². The van der Waals surface area contributed by atoms with Gasteiger partial charge < -0.3 is 9.47 Å². The molecular weight excluding hydrogens is 541 g/mol. The summed E-state index contributed by atoms with van der Waals surface area (Å²) >= 11 is 5.72. The largest absolute Gasteiger partial charge is 0.487 e. The Balaban J connectivity index is 1.32. The predicted octanol–water partition coefficient (Wildman–Crippen LogP) is 8.04. The Morgan fingerprint density at radius 1 is 1.00 bits per heavy atom. The number of hydrogen-bond donors (Lipinski definition) is 0. The van der Waals surface area contributed by atoms with Gasteiger partial charge in [0.2, 0.25) is 0 Å². The fourth-order valence-electron chi connectivity index (χ4n) is 5.80. The number of benzene rings is 2. The van der Waals surface area contributed by atoms with Crippen LogP contribution in [0.25, 0.3) is 0 Å². The minimum absolute atomic E-state index is 0.0544. The molecule has 3 fully saturated rings. The average Bonchev–Trinajstić information content (AvgIpc) is 3.62. The van der Waals surface area contributed by atoms with E-state index < -0.39 is 51.8 Å². The number of halogens is 6. The molecule has 0 radical (unpaired) electrons. The number of esters is 1. The molecule has 0 spiro atoms. The van der Waals surface area contributed by atoms with Crippen molar-refractivity contribution in [3.8, 4) is 5.75 Å². The molecule has 4 nitrogen and oxygen atoms in total. The van der Waals surface area contributed by atoms with Gasteiger partial charge in [0, 0.05) is 18.6 Å². The summed E-state index contributed by atoms with van der Waals surface area (Å²) in [6, 6.07) is 4.40. The van der Waals surface area contributed by atoms with Crippen molar-refractivity contribution in [2.24, 2.45) is 0 Å². The van der Waals surface area contributed by atoms with Crippen LogP contribution >= 0.6 is 11.6 Å². The maximum atomic E-state index is 15.1. The molecule has 3 aliphatic rings. The number of nitrogens with zero attached hydrogens (tertiary/aromatic N) is 1. The first-order valence-corrected chi connectivity index (χ1v) is 13.6. The van der Waals surface area contributed by atoms with E-state index in [2.05, 4.69) is 4.90 Å². The molecule has 2 aromatic carbocycles. The lowest BCUT2D eigenvalue weighted by atomic mass is 9.95. The summed E-state index contributed by atoms with van der Waals surface area (Å²) in [7, 11) is 0. The molecule has 212 valence electrons. The van der Waals surface area contributed by atoms with Gasteiger partial charge in [-0.15, -0.1) is 0 Å². The van der Waals surface area contributed by atoms with E-state index in [0.29, 0.717) is 31.5 Å². The normalized spacial score (nSPS) is 23.7. The number of hydrogen-bond acceptors (Lipinski definition) is 4. The van der Waals surface area contributed by atoms with Crippen molar-refractivity contribution >= 4 is 17.6 Å². The van der Waals surface area contributed by atoms with Crippen molar-refractivity contribution in [1.82, 2.24) is 4.90 Å². The maximum absolute atomic E-state index is 15.1. The lowest BCUT2D eigenvalue weighted by Gasteiger charge is -2.39. The Morgan fingerprint density at radius 3 is 2.21 bits per heavy atom. The molecule has 5 rings (SSSR count). The second-order valence-corrected chi connectivity index (χ2v) is 12.3. The van der Waals surface area contributed by atoms with Crippen LogP contribution < -0.4 is 4.74 Å². The number of carbonyl (C=O) groups is 1. The van der Waals surface area contributed by atoms with E-state index in [9.17, 15) is 22.4 Å². The minimum Gasteiger partial charge on any atom is -0.487 e. The first-order valence-electron chi connectivity index (χ1n) is 13.2. The lowest BCUT2D eigenvalue weighted by molar-refractivity contribution is -0.137. The summed E-state index contributed by atoms with van der Waals surface area (Å²) in [6.45, 7) is 5.69. The smallest absolute Gasteiger partial charge is 0.416 e. The van der Waals surface area contributed by atoms with Crippen molar-refractivity contribution in [1.29, 1.82) is 0 Å². The second-order valence-electron chi connectivity index (χ2n) is 11.8. The van der Waals surface area contributed by atoms with Gasteiger partial charge in [0.25, 0.3) is 0 Å². The van der Waals surface area contributed by atoms with Crippen LogP contribution in [-0.2, 0) is 17.5 Å². The van der Waals surface area contributed by atoms with E-state index in [-0.39, 0.29) is 23.6 Å². The maximum Gasteiger partial charge on any atom is 0.416 e. The molecule has 1 aliphatic carbocycles. The second kappa shape index (κ2) is 10.2. The number of ether oxygens (including phenoxy) is 2. The summed E-state index contributed by atoms with van der Waals surface area (Å²) < 4.78 is 80.5. The first-order chi connectivity index (χ1) is 18.2. The van der Waals surface area contributed by atoms with Crippen molar-refractivity contribution in [3.63, 3.8) is 0 Å². The first kappa shape index (κ1) is 28.1. The summed E-state index contributed by atoms with van der Waals surface area (Å²) in [5.74, 6) is -2.54. The third kappa shape index (κ3) is 6.19. The van der Waals surface area contributed by atoms with Crippen molar-refractivity contribution < 1.29 is 36.2 Å². The van der Waals surface area contributed by atoms with E-state index in [4.69, 9.17) is 21.1 Å². The average molecular weight is 572 g/mol. The number of piperidine rings is 1. The van der Waals surface area contributed by atoms with Crippen LogP contribution in [0.1, 0.15) is 92.3 Å². The predicted molar refractivity (Wildman–Crippen MR) is 136 cm³/mol. The van der Waals surface area contributed by atoms with Crippen LogP contribution in [0.3, 0.4) is 0 Å². The Hall–Kier alpha value is -2.39. The standard InChI is InChI=1S/C29H31ClF5NO3/c1-28(2,3)39-27(37)22-13-21(15-4-5-15)16(8-24(22)31)14-36-18-6-7-19(36)12-20(11-18)38-25-10-17(29(33,34)35)9-23(30)26(25)32/h8-10,13,15,18-20H,4-7,11-12,14H2,1-3H3/t18-,19?,20?/m0/s1. The molecule has 2 bridgehead atoms. The highest BCUT2D eigenvalue weighted by Crippen LogP contribution is 2.45. The van der Waals surface area contributed by atoms with Crippen LogP contribution in [-0.4, -0.2) is 34.7 Å². The van der Waals surface area contributed by atoms with Gasteiger partial charge in [0.15, 0.2) is 11.6 Å². The summed E-state index contributed by atoms with van der Waals surface area (Å²) in [6.07, 6.45) is -0.489. The van der Waals surface area contributed by atoms with Gasteiger partial charge in [0.05, 0.1) is 16.1 Å². The zero-order chi connectivity index (χ0) is 28.3. The molecule has 2 heterocycles. The molecule has 0 N–H and O–H groups in total. The molecule has 0 amide bonds. The molecule has 10 heteroatoms. The molecule has 2 aromatic rings. The Kier molecular flexibility index (Phi) is 7.38. The minimum atomic E-state index is -4.68. The Morgan fingerprint density at radius 2 is 1.64 bits per heavy atom. The molecule has 0 aromatic heterocycles. The highest BCUT2D eigenvalue weighted by atomic mass is 35.5. The van der Waals surface area contributed by atoms with Crippen LogP contribution in [0.5, 0.6) is 5.75 Å². The molecule has 2 saturated heterocycles. The van der Waals surface area contributed by atoms with Crippen molar-refractivity contribution in [3.05, 3.63) is 63.2 Å². The Bertz CT molecular complexity index is 1260. The topological polar surface area (TPSA) is 38.8 Å². The zero-order valence-corrected chi connectivity index (χ0v) is 22.8. The van der Waals surface area contributed by atoms with Gasteiger partial charge in [0.1, 0.15) is 17.5 Å². The van der Waals surface area contributed by atoms with Gasteiger partial charge in [-0.05, 0) is 101 Å². The lowest BCUT2D eigenvalue weighted by Crippen LogP contribution is -2.46. The number of fused-ring (bicyclic) bond motifs is 2. The molecule has 2 aliphatic heterocycles. The Labute approximate surface area is 229 Å². The van der Waals surface area contributed by atoms with E-state index in [1.54, 1.807) is 26.8 Å². The molecule has 1 saturated carbocycles. The van der Waals surface area contributed by atoms with E-state index in [1.807, 2.05) is 0 Å². The highest BCUT2D eigenvalue weighted by Gasteiger charge is 2.43. The third-order valence-electron chi connectivity index (χ3n) is 7.67. The number of carbonyl (C=O) groups excluding carboxylic acids is 1. The SMILES string of the molecule is CC(C)(C)OC(=O)c1cc(C2CC2)c(CN2C3CC[C@H]2CC(Oc2cc(C(F)(F)F)cc(Cl)c2F)C3)cc1F. The van der Waals surface area contributed by atoms with Gasteiger partial charge >= 0.3 is 12.1 Å². The fraction of sp³-hybridized carbons (Fsp3) is 0.552.